The number of nitrogens with one attached hydrogen (secondary N) is 1. The van der Waals surface area contributed by atoms with Crippen molar-refractivity contribution < 1.29 is 9.53 Å². The van der Waals surface area contributed by atoms with Crippen LogP contribution in [-0.4, -0.2) is 44.3 Å². The minimum atomic E-state index is 0. The van der Waals surface area contributed by atoms with E-state index in [4.69, 9.17) is 4.74 Å². The largest absolute Gasteiger partial charge is 0.496 e. The molecule has 1 fully saturated rings. The van der Waals surface area contributed by atoms with Crippen molar-refractivity contribution in [2.24, 2.45) is 5.92 Å². The number of methoxy groups -OCH3 is 1. The van der Waals surface area contributed by atoms with E-state index >= 15 is 0 Å². The maximum Gasteiger partial charge on any atom is 0.236 e. The number of hydrogen-bond acceptors (Lipinski definition) is 4. The molecule has 0 saturated heterocycles. The third-order valence-corrected chi connectivity index (χ3v) is 4.48. The summed E-state index contributed by atoms with van der Waals surface area (Å²) in [6.07, 6.45) is 4.63. The zero-order chi connectivity index (χ0) is 15.2. The SMILES string of the molecule is COc1cc(CN(C)C(=O)CNCC2CC2)ccc1SC.Cl. The third-order valence-electron chi connectivity index (χ3n) is 3.70. The topological polar surface area (TPSA) is 41.6 Å². The predicted molar refractivity (Wildman–Crippen MR) is 94.1 cm³/mol. The summed E-state index contributed by atoms with van der Waals surface area (Å²) in [4.78, 5) is 14.9. The number of likely N-dealkylation sites (N-methyl/N-ethyl adjacent to an activating group) is 1. The van der Waals surface area contributed by atoms with Gasteiger partial charge in [0.25, 0.3) is 0 Å². The summed E-state index contributed by atoms with van der Waals surface area (Å²) in [7, 11) is 3.52. The first-order chi connectivity index (χ1) is 10.1. The molecular weight excluding hydrogens is 320 g/mol. The lowest BCUT2D eigenvalue weighted by Gasteiger charge is -2.18. The molecule has 1 N–H and O–H groups in total. The van der Waals surface area contributed by atoms with E-state index in [0.29, 0.717) is 13.1 Å². The van der Waals surface area contributed by atoms with Crippen LogP contribution < -0.4 is 10.1 Å². The zero-order valence-electron chi connectivity index (χ0n) is 13.4. The molecule has 0 atom stereocenters. The van der Waals surface area contributed by atoms with E-state index < -0.39 is 0 Å². The van der Waals surface area contributed by atoms with Crippen LogP contribution >= 0.6 is 24.2 Å². The maximum absolute atomic E-state index is 12.1. The van der Waals surface area contributed by atoms with Crippen molar-refractivity contribution in [2.45, 2.75) is 24.3 Å². The molecule has 1 amide bonds. The minimum absolute atomic E-state index is 0. The van der Waals surface area contributed by atoms with Crippen LogP contribution in [0.5, 0.6) is 5.75 Å². The van der Waals surface area contributed by atoms with E-state index in [-0.39, 0.29) is 18.3 Å². The number of carbonyl (C=O) groups is 1. The Balaban J connectivity index is 0.00000242. The molecule has 6 heteroatoms. The van der Waals surface area contributed by atoms with Crippen molar-refractivity contribution in [1.29, 1.82) is 0 Å². The van der Waals surface area contributed by atoms with E-state index in [1.165, 1.54) is 12.8 Å². The van der Waals surface area contributed by atoms with Gasteiger partial charge in [-0.15, -0.1) is 24.2 Å². The van der Waals surface area contributed by atoms with Crippen LogP contribution in [0.1, 0.15) is 18.4 Å². The van der Waals surface area contributed by atoms with E-state index in [0.717, 1.165) is 28.7 Å². The standard InChI is InChI=1S/C16H24N2O2S.ClH/c1-18(16(19)10-17-9-12-4-5-12)11-13-6-7-15(21-3)14(8-13)20-2;/h6-8,12,17H,4-5,9-11H2,1-3H3;1H. The van der Waals surface area contributed by atoms with Gasteiger partial charge in [-0.05, 0) is 49.3 Å². The van der Waals surface area contributed by atoms with Crippen LogP contribution in [0.3, 0.4) is 0 Å². The highest BCUT2D eigenvalue weighted by Crippen LogP contribution is 2.29. The minimum Gasteiger partial charge on any atom is -0.496 e. The van der Waals surface area contributed by atoms with Gasteiger partial charge >= 0.3 is 0 Å². The molecule has 0 spiro atoms. The summed E-state index contributed by atoms with van der Waals surface area (Å²) in [6.45, 7) is 2.00. The second-order valence-electron chi connectivity index (χ2n) is 5.51. The monoisotopic (exact) mass is 344 g/mol. The van der Waals surface area contributed by atoms with E-state index in [1.807, 2.05) is 25.4 Å². The smallest absolute Gasteiger partial charge is 0.236 e. The Morgan fingerprint density at radius 2 is 2.18 bits per heavy atom. The summed E-state index contributed by atoms with van der Waals surface area (Å²) in [5.41, 5.74) is 1.09. The molecule has 0 aromatic heterocycles. The average Bonchev–Trinajstić information content (AvgIpc) is 3.31. The van der Waals surface area contributed by atoms with Crippen LogP contribution in [0, 0.1) is 5.92 Å². The van der Waals surface area contributed by atoms with E-state index in [2.05, 4.69) is 11.4 Å². The van der Waals surface area contributed by atoms with Crippen molar-refractivity contribution in [2.75, 3.05) is 33.5 Å². The molecular formula is C16H25ClN2O2S. The molecule has 0 aliphatic heterocycles. The summed E-state index contributed by atoms with van der Waals surface area (Å²) in [5, 5.41) is 3.24. The second-order valence-corrected chi connectivity index (χ2v) is 6.36. The Labute approximate surface area is 143 Å². The Morgan fingerprint density at radius 1 is 1.45 bits per heavy atom. The van der Waals surface area contributed by atoms with E-state index in [1.54, 1.807) is 23.8 Å². The van der Waals surface area contributed by atoms with Gasteiger partial charge in [0.1, 0.15) is 5.75 Å². The first-order valence-corrected chi connectivity index (χ1v) is 8.52. The molecule has 2 rings (SSSR count). The number of thioether (sulfide) groups is 1. The van der Waals surface area contributed by atoms with Crippen molar-refractivity contribution in [3.05, 3.63) is 23.8 Å². The fraction of sp³-hybridized carbons (Fsp3) is 0.562. The third kappa shape index (κ3) is 5.71. The number of rotatable bonds is 8. The molecule has 1 aliphatic carbocycles. The number of carbonyl (C=O) groups excluding carboxylic acids is 1. The normalized spacial score (nSPS) is 13.4. The van der Waals surface area contributed by atoms with Gasteiger partial charge in [-0.2, -0.15) is 0 Å². The van der Waals surface area contributed by atoms with Crippen LogP contribution in [0.2, 0.25) is 0 Å². The molecule has 4 nitrogen and oxygen atoms in total. The zero-order valence-corrected chi connectivity index (χ0v) is 15.1. The van der Waals surface area contributed by atoms with Crippen LogP contribution in [0.15, 0.2) is 23.1 Å². The van der Waals surface area contributed by atoms with Crippen LogP contribution in [0.25, 0.3) is 0 Å². The highest BCUT2D eigenvalue weighted by Gasteiger charge is 2.21. The quantitative estimate of drug-likeness (QED) is 0.736. The first-order valence-electron chi connectivity index (χ1n) is 7.29. The number of benzene rings is 1. The molecule has 0 unspecified atom stereocenters. The Bertz CT molecular complexity index is 495. The first kappa shape index (κ1) is 19.1. The maximum atomic E-state index is 12.1. The van der Waals surface area contributed by atoms with Crippen molar-refractivity contribution in [3.8, 4) is 5.75 Å². The van der Waals surface area contributed by atoms with Gasteiger partial charge in [-0.25, -0.2) is 0 Å². The van der Waals surface area contributed by atoms with Crippen LogP contribution in [-0.2, 0) is 11.3 Å². The predicted octanol–water partition coefficient (Wildman–Crippen LogP) is 2.80. The van der Waals surface area contributed by atoms with Crippen molar-refractivity contribution in [1.82, 2.24) is 10.2 Å². The Hall–Kier alpha value is -0.910. The molecule has 1 saturated carbocycles. The van der Waals surface area contributed by atoms with Gasteiger partial charge in [-0.1, -0.05) is 6.07 Å². The molecule has 0 bridgehead atoms. The average molecular weight is 345 g/mol. The molecule has 1 aromatic carbocycles. The van der Waals surface area contributed by atoms with Gasteiger partial charge in [0.05, 0.1) is 13.7 Å². The molecule has 1 aliphatic rings. The van der Waals surface area contributed by atoms with Crippen LogP contribution in [0.4, 0.5) is 0 Å². The van der Waals surface area contributed by atoms with Gasteiger partial charge in [0.2, 0.25) is 5.91 Å². The summed E-state index contributed by atoms with van der Waals surface area (Å²) >= 11 is 1.66. The van der Waals surface area contributed by atoms with Gasteiger partial charge < -0.3 is 15.0 Å². The van der Waals surface area contributed by atoms with E-state index in [9.17, 15) is 4.79 Å². The number of nitrogens with zero attached hydrogens (tertiary/aromatic N) is 1. The molecule has 0 radical (unpaired) electrons. The molecule has 124 valence electrons. The second kappa shape index (κ2) is 9.28. The number of amides is 1. The summed E-state index contributed by atoms with van der Waals surface area (Å²) < 4.78 is 5.38. The Morgan fingerprint density at radius 3 is 2.77 bits per heavy atom. The lowest BCUT2D eigenvalue weighted by molar-refractivity contribution is -0.129. The van der Waals surface area contributed by atoms with Gasteiger partial charge in [0, 0.05) is 18.5 Å². The fourth-order valence-corrected chi connectivity index (χ4v) is 2.73. The fourth-order valence-electron chi connectivity index (χ4n) is 2.18. The molecule has 0 heterocycles. The lowest BCUT2D eigenvalue weighted by atomic mass is 10.2. The molecule has 1 aromatic rings. The summed E-state index contributed by atoms with van der Waals surface area (Å²) in [5.74, 6) is 1.79. The Kier molecular flexibility index (Phi) is 8.07. The van der Waals surface area contributed by atoms with Crippen molar-refractivity contribution in [3.63, 3.8) is 0 Å². The highest BCUT2D eigenvalue weighted by molar-refractivity contribution is 7.98. The highest BCUT2D eigenvalue weighted by atomic mass is 35.5. The van der Waals surface area contributed by atoms with Gasteiger partial charge in [-0.3, -0.25) is 4.79 Å². The van der Waals surface area contributed by atoms with Crippen molar-refractivity contribution >= 4 is 30.1 Å². The number of halogens is 1. The molecule has 22 heavy (non-hydrogen) atoms. The lowest BCUT2D eigenvalue weighted by Crippen LogP contribution is -2.35. The number of hydrogen-bond donors (Lipinski definition) is 1. The number of ether oxygens (including phenoxy) is 1. The van der Waals surface area contributed by atoms with Gasteiger partial charge in [0.15, 0.2) is 0 Å². The summed E-state index contributed by atoms with van der Waals surface area (Å²) in [6, 6.07) is 6.10.